The molecular formula is C16H18N4. The maximum absolute atomic E-state index is 5.99. The molecule has 4 nitrogen and oxygen atoms in total. The molecule has 0 saturated heterocycles. The number of anilines is 2. The number of fused-ring (bicyclic) bond motifs is 1. The molecule has 0 amide bonds. The third-order valence-electron chi connectivity index (χ3n) is 3.39. The van der Waals surface area contributed by atoms with E-state index < -0.39 is 0 Å². The van der Waals surface area contributed by atoms with Gasteiger partial charge >= 0.3 is 0 Å². The molecule has 1 heterocycles. The summed E-state index contributed by atoms with van der Waals surface area (Å²) in [7, 11) is 0. The Morgan fingerprint density at radius 3 is 2.50 bits per heavy atom. The average molecular weight is 266 g/mol. The van der Waals surface area contributed by atoms with Gasteiger partial charge < -0.3 is 16.0 Å². The van der Waals surface area contributed by atoms with Crippen LogP contribution in [0.3, 0.4) is 0 Å². The molecule has 3 rings (SSSR count). The van der Waals surface area contributed by atoms with E-state index in [9.17, 15) is 0 Å². The number of H-pyrrole nitrogens is 1. The van der Waals surface area contributed by atoms with Crippen LogP contribution in [0.15, 0.2) is 48.5 Å². The van der Waals surface area contributed by atoms with Crippen LogP contribution in [0.1, 0.15) is 19.7 Å². The molecule has 4 N–H and O–H groups in total. The van der Waals surface area contributed by atoms with Gasteiger partial charge in [0, 0.05) is 0 Å². The number of nitrogen functional groups attached to an aromatic ring is 1. The molecule has 3 aromatic rings. The number of hydrogen-bond acceptors (Lipinski definition) is 3. The van der Waals surface area contributed by atoms with Crippen LogP contribution in [0.5, 0.6) is 0 Å². The zero-order valence-electron chi connectivity index (χ0n) is 11.6. The van der Waals surface area contributed by atoms with Gasteiger partial charge in [-0.25, -0.2) is 4.98 Å². The van der Waals surface area contributed by atoms with Crippen LogP contribution >= 0.6 is 0 Å². The molecule has 0 radical (unpaired) electrons. The maximum atomic E-state index is 5.99. The lowest BCUT2D eigenvalue weighted by Crippen LogP contribution is -2.29. The fourth-order valence-corrected chi connectivity index (χ4v) is 2.26. The van der Waals surface area contributed by atoms with Gasteiger partial charge in [0.1, 0.15) is 5.82 Å². The topological polar surface area (TPSA) is 66.7 Å². The van der Waals surface area contributed by atoms with Crippen LogP contribution in [0.4, 0.5) is 11.4 Å². The first kappa shape index (κ1) is 12.5. The highest BCUT2D eigenvalue weighted by molar-refractivity contribution is 5.75. The summed E-state index contributed by atoms with van der Waals surface area (Å²) in [4.78, 5) is 8.01. The second kappa shape index (κ2) is 4.56. The van der Waals surface area contributed by atoms with Gasteiger partial charge in [0.05, 0.1) is 27.9 Å². The molecule has 0 spiro atoms. The minimum atomic E-state index is -0.339. The van der Waals surface area contributed by atoms with Crippen molar-refractivity contribution in [3.63, 3.8) is 0 Å². The number of rotatable bonds is 3. The van der Waals surface area contributed by atoms with Gasteiger partial charge in [-0.3, -0.25) is 0 Å². The van der Waals surface area contributed by atoms with Gasteiger partial charge in [0.15, 0.2) is 0 Å². The summed E-state index contributed by atoms with van der Waals surface area (Å²) in [6, 6.07) is 15.8. The van der Waals surface area contributed by atoms with Gasteiger partial charge in [-0.15, -0.1) is 0 Å². The Labute approximate surface area is 118 Å². The number of aromatic nitrogens is 2. The molecular weight excluding hydrogens is 248 g/mol. The third kappa shape index (κ3) is 2.20. The van der Waals surface area contributed by atoms with Gasteiger partial charge in [-0.2, -0.15) is 0 Å². The van der Waals surface area contributed by atoms with E-state index in [4.69, 9.17) is 5.73 Å². The molecule has 0 atom stereocenters. The SMILES string of the molecule is CC(C)(Nc1ccccc1N)c1nc2ccccc2[nH]1. The Bertz CT molecular complexity index is 710. The van der Waals surface area contributed by atoms with E-state index in [-0.39, 0.29) is 5.54 Å². The minimum absolute atomic E-state index is 0.339. The van der Waals surface area contributed by atoms with Crippen molar-refractivity contribution >= 4 is 22.4 Å². The highest BCUT2D eigenvalue weighted by atomic mass is 15.1. The second-order valence-corrected chi connectivity index (χ2v) is 5.44. The molecule has 0 fully saturated rings. The highest BCUT2D eigenvalue weighted by Gasteiger charge is 2.24. The Hall–Kier alpha value is -2.49. The molecule has 0 aliphatic rings. The van der Waals surface area contributed by atoms with Crippen molar-refractivity contribution in [3.05, 3.63) is 54.4 Å². The predicted octanol–water partition coefficient (Wildman–Crippen LogP) is 3.49. The lowest BCUT2D eigenvalue weighted by atomic mass is 10.0. The van der Waals surface area contributed by atoms with Crippen LogP contribution in [0.2, 0.25) is 0 Å². The van der Waals surface area contributed by atoms with Crippen LogP contribution in [0.25, 0.3) is 11.0 Å². The zero-order valence-corrected chi connectivity index (χ0v) is 11.6. The Morgan fingerprint density at radius 2 is 1.75 bits per heavy atom. The van der Waals surface area contributed by atoms with E-state index in [0.29, 0.717) is 0 Å². The van der Waals surface area contributed by atoms with E-state index in [1.54, 1.807) is 0 Å². The van der Waals surface area contributed by atoms with Crippen molar-refractivity contribution in [2.75, 3.05) is 11.1 Å². The summed E-state index contributed by atoms with van der Waals surface area (Å²) < 4.78 is 0. The van der Waals surface area contributed by atoms with Crippen molar-refractivity contribution in [2.45, 2.75) is 19.4 Å². The van der Waals surface area contributed by atoms with Crippen molar-refractivity contribution in [3.8, 4) is 0 Å². The molecule has 102 valence electrons. The number of aromatic amines is 1. The summed E-state index contributed by atoms with van der Waals surface area (Å²) in [5.74, 6) is 0.891. The van der Waals surface area contributed by atoms with Crippen LogP contribution in [0, 0.1) is 0 Å². The third-order valence-corrected chi connectivity index (χ3v) is 3.39. The maximum Gasteiger partial charge on any atom is 0.132 e. The number of imidazole rings is 1. The number of benzene rings is 2. The lowest BCUT2D eigenvalue weighted by Gasteiger charge is -2.26. The summed E-state index contributed by atoms with van der Waals surface area (Å²) in [5, 5.41) is 3.45. The quantitative estimate of drug-likeness (QED) is 0.636. The average Bonchev–Trinajstić information content (AvgIpc) is 2.86. The Morgan fingerprint density at radius 1 is 1.05 bits per heavy atom. The molecule has 2 aromatic carbocycles. The van der Waals surface area contributed by atoms with E-state index in [1.165, 1.54) is 0 Å². The number of hydrogen-bond donors (Lipinski definition) is 3. The molecule has 0 aliphatic carbocycles. The van der Waals surface area contributed by atoms with Gasteiger partial charge in [-0.1, -0.05) is 24.3 Å². The van der Waals surface area contributed by atoms with Crippen LogP contribution in [-0.2, 0) is 5.54 Å². The monoisotopic (exact) mass is 266 g/mol. The van der Waals surface area contributed by atoms with Crippen LogP contribution < -0.4 is 11.1 Å². The van der Waals surface area contributed by atoms with Gasteiger partial charge in [0.2, 0.25) is 0 Å². The summed E-state index contributed by atoms with van der Waals surface area (Å²) in [6.07, 6.45) is 0. The summed E-state index contributed by atoms with van der Waals surface area (Å²) in [5.41, 5.74) is 9.31. The van der Waals surface area contributed by atoms with E-state index >= 15 is 0 Å². The zero-order chi connectivity index (χ0) is 14.2. The normalized spacial score (nSPS) is 11.7. The fourth-order valence-electron chi connectivity index (χ4n) is 2.26. The van der Waals surface area contributed by atoms with Crippen LogP contribution in [-0.4, -0.2) is 9.97 Å². The molecule has 4 heteroatoms. The summed E-state index contributed by atoms with van der Waals surface area (Å²) in [6.45, 7) is 4.16. The standard InChI is InChI=1S/C16H18N4/c1-16(2,20-12-8-4-3-7-11(12)17)15-18-13-9-5-6-10-14(13)19-15/h3-10,20H,17H2,1-2H3,(H,18,19). The number of nitrogens with zero attached hydrogens (tertiary/aromatic N) is 1. The van der Waals surface area contributed by atoms with Crippen molar-refractivity contribution in [1.29, 1.82) is 0 Å². The fraction of sp³-hybridized carbons (Fsp3) is 0.188. The molecule has 0 aliphatic heterocycles. The number of para-hydroxylation sites is 4. The largest absolute Gasteiger partial charge is 0.397 e. The number of nitrogens with one attached hydrogen (secondary N) is 2. The first-order chi connectivity index (χ1) is 9.56. The van der Waals surface area contributed by atoms with E-state index in [2.05, 4.69) is 29.1 Å². The van der Waals surface area contributed by atoms with Crippen molar-refractivity contribution in [1.82, 2.24) is 9.97 Å². The second-order valence-electron chi connectivity index (χ2n) is 5.44. The summed E-state index contributed by atoms with van der Waals surface area (Å²) >= 11 is 0. The minimum Gasteiger partial charge on any atom is -0.397 e. The smallest absolute Gasteiger partial charge is 0.132 e. The van der Waals surface area contributed by atoms with E-state index in [1.807, 2.05) is 48.5 Å². The number of nitrogens with two attached hydrogens (primary N) is 1. The van der Waals surface area contributed by atoms with E-state index in [0.717, 1.165) is 28.2 Å². The molecule has 20 heavy (non-hydrogen) atoms. The van der Waals surface area contributed by atoms with Crippen molar-refractivity contribution < 1.29 is 0 Å². The lowest BCUT2D eigenvalue weighted by molar-refractivity contribution is 0.573. The molecule has 0 unspecified atom stereocenters. The molecule has 0 bridgehead atoms. The Kier molecular flexibility index (Phi) is 2.86. The predicted molar refractivity (Wildman–Crippen MR) is 83.6 cm³/mol. The van der Waals surface area contributed by atoms with Gasteiger partial charge in [-0.05, 0) is 38.1 Å². The highest BCUT2D eigenvalue weighted by Crippen LogP contribution is 2.28. The van der Waals surface area contributed by atoms with Gasteiger partial charge in [0.25, 0.3) is 0 Å². The first-order valence-corrected chi connectivity index (χ1v) is 6.64. The molecule has 1 aromatic heterocycles. The Balaban J connectivity index is 1.97. The first-order valence-electron chi connectivity index (χ1n) is 6.64. The molecule has 0 saturated carbocycles. The van der Waals surface area contributed by atoms with Crippen molar-refractivity contribution in [2.24, 2.45) is 0 Å².